The lowest BCUT2D eigenvalue weighted by atomic mass is 10.2. The summed E-state index contributed by atoms with van der Waals surface area (Å²) < 4.78 is 5.10. The highest BCUT2D eigenvalue weighted by atomic mass is 35.5. The highest BCUT2D eigenvalue weighted by Gasteiger charge is 2.15. The van der Waals surface area contributed by atoms with Gasteiger partial charge in [-0.05, 0) is 36.5 Å². The highest BCUT2D eigenvalue weighted by Crippen LogP contribution is 2.22. The van der Waals surface area contributed by atoms with Gasteiger partial charge in [-0.1, -0.05) is 29.8 Å². The topological polar surface area (TPSA) is 90.5 Å². The molecule has 0 aliphatic carbocycles. The Morgan fingerprint density at radius 1 is 1.17 bits per heavy atom. The van der Waals surface area contributed by atoms with Crippen LogP contribution in [0.4, 0.5) is 5.69 Å². The van der Waals surface area contributed by atoms with Crippen molar-refractivity contribution < 1.29 is 19.4 Å². The maximum atomic E-state index is 12.3. The van der Waals surface area contributed by atoms with Gasteiger partial charge in [-0.3, -0.25) is 10.1 Å². The van der Waals surface area contributed by atoms with Crippen LogP contribution < -0.4 is 20.5 Å². The normalized spacial score (nSPS) is 9.92. The highest BCUT2D eigenvalue weighted by molar-refractivity contribution is 7.80. The molecule has 24 heavy (non-hydrogen) atoms. The Hall–Kier alpha value is -2.64. The molecule has 6 nitrogen and oxygen atoms in total. The van der Waals surface area contributed by atoms with Gasteiger partial charge in [0.05, 0.1) is 18.6 Å². The second-order valence-electron chi connectivity index (χ2n) is 4.59. The van der Waals surface area contributed by atoms with Gasteiger partial charge in [-0.15, -0.1) is 0 Å². The Balaban J connectivity index is 2.15. The summed E-state index contributed by atoms with van der Waals surface area (Å²) in [7, 11) is 1.42. The van der Waals surface area contributed by atoms with Gasteiger partial charge in [0, 0.05) is 16.3 Å². The number of thiocarbonyl (C=S) groups is 1. The largest absolute Gasteiger partial charge is 0.545 e. The second-order valence-corrected chi connectivity index (χ2v) is 5.43. The summed E-state index contributed by atoms with van der Waals surface area (Å²) in [4.78, 5) is 23.3. The van der Waals surface area contributed by atoms with Gasteiger partial charge in [-0.2, -0.15) is 0 Å². The van der Waals surface area contributed by atoms with Crippen LogP contribution in [0, 0.1) is 0 Å². The third-order valence-electron chi connectivity index (χ3n) is 3.03. The third kappa shape index (κ3) is 4.21. The van der Waals surface area contributed by atoms with E-state index >= 15 is 0 Å². The third-order valence-corrected chi connectivity index (χ3v) is 3.47. The van der Waals surface area contributed by atoms with Gasteiger partial charge >= 0.3 is 0 Å². The maximum Gasteiger partial charge on any atom is 0.261 e. The average molecular weight is 364 g/mol. The molecule has 2 aromatic rings. The van der Waals surface area contributed by atoms with Crippen LogP contribution in [0.25, 0.3) is 0 Å². The molecule has 0 heterocycles. The Morgan fingerprint density at radius 3 is 2.54 bits per heavy atom. The molecular formula is C16H12ClN2O4S-. The van der Waals surface area contributed by atoms with Crippen LogP contribution >= 0.6 is 23.8 Å². The summed E-state index contributed by atoms with van der Waals surface area (Å²) >= 11 is 10.9. The Labute approximate surface area is 148 Å². The summed E-state index contributed by atoms with van der Waals surface area (Å²) in [6.45, 7) is 0. The number of carbonyl (C=O) groups excluding carboxylic acids is 2. The van der Waals surface area contributed by atoms with Gasteiger partial charge in [0.2, 0.25) is 0 Å². The van der Waals surface area contributed by atoms with Gasteiger partial charge in [-0.25, -0.2) is 0 Å². The van der Waals surface area contributed by atoms with Crippen LogP contribution in [0.2, 0.25) is 5.02 Å². The zero-order valence-electron chi connectivity index (χ0n) is 12.5. The monoisotopic (exact) mass is 363 g/mol. The van der Waals surface area contributed by atoms with Crippen molar-refractivity contribution in [3.8, 4) is 5.75 Å². The summed E-state index contributed by atoms with van der Waals surface area (Å²) in [5, 5.41) is 16.4. The molecule has 2 rings (SSSR count). The van der Waals surface area contributed by atoms with Crippen molar-refractivity contribution in [2.45, 2.75) is 0 Å². The fraction of sp³-hybridized carbons (Fsp3) is 0.0625. The number of hydrogen-bond acceptors (Lipinski definition) is 5. The molecule has 0 unspecified atom stereocenters. The van der Waals surface area contributed by atoms with Crippen LogP contribution in [-0.2, 0) is 0 Å². The summed E-state index contributed by atoms with van der Waals surface area (Å²) in [6, 6.07) is 10.6. The van der Waals surface area contributed by atoms with E-state index < -0.39 is 11.9 Å². The molecule has 0 radical (unpaired) electrons. The zero-order chi connectivity index (χ0) is 17.7. The molecule has 0 aliphatic heterocycles. The van der Waals surface area contributed by atoms with E-state index in [0.29, 0.717) is 10.8 Å². The smallest absolute Gasteiger partial charge is 0.261 e. The SMILES string of the molecule is COc1ccc(Cl)cc1C(=O)NC(=S)Nc1ccccc1C(=O)[O-]. The molecule has 0 saturated carbocycles. The molecule has 124 valence electrons. The maximum absolute atomic E-state index is 12.3. The molecule has 0 atom stereocenters. The van der Waals surface area contributed by atoms with Crippen LogP contribution in [0.1, 0.15) is 20.7 Å². The van der Waals surface area contributed by atoms with Crippen LogP contribution in [0.15, 0.2) is 42.5 Å². The number of anilines is 1. The van der Waals surface area contributed by atoms with Crippen molar-refractivity contribution in [2.24, 2.45) is 0 Å². The number of carboxylic acid groups (broad SMARTS) is 1. The fourth-order valence-electron chi connectivity index (χ4n) is 1.95. The van der Waals surface area contributed by atoms with Gasteiger partial charge in [0.15, 0.2) is 5.11 Å². The first-order chi connectivity index (χ1) is 11.4. The zero-order valence-corrected chi connectivity index (χ0v) is 14.0. The number of ether oxygens (including phenoxy) is 1. The number of hydrogen-bond donors (Lipinski definition) is 2. The van der Waals surface area contributed by atoms with Crippen LogP contribution in [0.5, 0.6) is 5.75 Å². The van der Waals surface area contributed by atoms with Gasteiger partial charge in [0.25, 0.3) is 5.91 Å². The number of carboxylic acids is 1. The fourth-order valence-corrected chi connectivity index (χ4v) is 2.33. The van der Waals surface area contributed by atoms with Crippen molar-refractivity contribution in [1.29, 1.82) is 0 Å². The van der Waals surface area contributed by atoms with E-state index in [9.17, 15) is 14.7 Å². The molecule has 0 fully saturated rings. The number of halogens is 1. The minimum Gasteiger partial charge on any atom is -0.545 e. The predicted octanol–water partition coefficient (Wildman–Crippen LogP) is 1.84. The molecule has 0 aliphatic rings. The number of para-hydroxylation sites is 1. The van der Waals surface area contributed by atoms with Crippen molar-refractivity contribution in [1.82, 2.24) is 5.32 Å². The molecule has 0 aromatic heterocycles. The first kappa shape index (κ1) is 17.7. The molecule has 0 saturated heterocycles. The van der Waals surface area contributed by atoms with E-state index in [0.717, 1.165) is 0 Å². The minimum absolute atomic E-state index is 0.0734. The number of amides is 1. The number of carbonyl (C=O) groups is 2. The second kappa shape index (κ2) is 7.76. The number of aromatic carboxylic acids is 1. The molecule has 0 spiro atoms. The standard InChI is InChI=1S/C16H13ClN2O4S/c1-23-13-7-6-9(17)8-11(13)14(20)19-16(24)18-12-5-3-2-4-10(12)15(21)22/h2-8H,1H3,(H,21,22)(H2,18,19,20,24)/p-1. The van der Waals surface area contributed by atoms with E-state index in [-0.39, 0.29) is 21.9 Å². The van der Waals surface area contributed by atoms with Crippen molar-refractivity contribution in [3.05, 3.63) is 58.6 Å². The van der Waals surface area contributed by atoms with Crippen LogP contribution in [-0.4, -0.2) is 24.1 Å². The van der Waals surface area contributed by atoms with E-state index in [2.05, 4.69) is 10.6 Å². The first-order valence-electron chi connectivity index (χ1n) is 6.68. The quantitative estimate of drug-likeness (QED) is 0.805. The lowest BCUT2D eigenvalue weighted by Gasteiger charge is -2.14. The molecular weight excluding hydrogens is 352 g/mol. The van der Waals surface area contributed by atoms with E-state index in [1.54, 1.807) is 24.3 Å². The van der Waals surface area contributed by atoms with Gasteiger partial charge in [0.1, 0.15) is 5.75 Å². The number of nitrogens with one attached hydrogen (secondary N) is 2. The molecule has 2 aromatic carbocycles. The number of rotatable bonds is 4. The van der Waals surface area contributed by atoms with Crippen molar-refractivity contribution >= 4 is 46.5 Å². The van der Waals surface area contributed by atoms with E-state index in [1.165, 1.54) is 25.3 Å². The first-order valence-corrected chi connectivity index (χ1v) is 7.47. The number of methoxy groups -OCH3 is 1. The van der Waals surface area contributed by atoms with E-state index in [4.69, 9.17) is 28.6 Å². The van der Waals surface area contributed by atoms with E-state index in [1.807, 2.05) is 0 Å². The summed E-state index contributed by atoms with van der Waals surface area (Å²) in [6.07, 6.45) is 0. The Kier molecular flexibility index (Phi) is 5.73. The summed E-state index contributed by atoms with van der Waals surface area (Å²) in [5.41, 5.74) is 0.331. The molecule has 2 N–H and O–H groups in total. The average Bonchev–Trinajstić information content (AvgIpc) is 2.54. The summed E-state index contributed by atoms with van der Waals surface area (Å²) in [5.74, 6) is -1.57. The lowest BCUT2D eigenvalue weighted by molar-refractivity contribution is -0.254. The number of benzene rings is 2. The molecule has 1 amide bonds. The predicted molar refractivity (Wildman–Crippen MR) is 92.5 cm³/mol. The molecule has 8 heteroatoms. The Morgan fingerprint density at radius 2 is 1.88 bits per heavy atom. The lowest BCUT2D eigenvalue weighted by Crippen LogP contribution is -2.35. The minimum atomic E-state index is -1.36. The van der Waals surface area contributed by atoms with Gasteiger partial charge < -0.3 is 20.0 Å². The Bertz CT molecular complexity index is 810. The van der Waals surface area contributed by atoms with Crippen molar-refractivity contribution in [3.63, 3.8) is 0 Å². The van der Waals surface area contributed by atoms with Crippen molar-refractivity contribution in [2.75, 3.05) is 12.4 Å². The van der Waals surface area contributed by atoms with Crippen LogP contribution in [0.3, 0.4) is 0 Å². The molecule has 0 bridgehead atoms.